The van der Waals surface area contributed by atoms with Gasteiger partial charge in [-0.3, -0.25) is 4.79 Å². The minimum absolute atomic E-state index is 0.00832. The van der Waals surface area contributed by atoms with Gasteiger partial charge >= 0.3 is 11.8 Å². The van der Waals surface area contributed by atoms with Crippen molar-refractivity contribution in [1.29, 1.82) is 0 Å². The number of hydrogen-bond donors (Lipinski definition) is 7. The molecule has 1 amide bonds. The normalized spacial score (nSPS) is 22.9. The monoisotopic (exact) mass is 705 g/mol. The van der Waals surface area contributed by atoms with Crippen LogP contribution in [0.5, 0.6) is 5.75 Å². The molecule has 0 unspecified atom stereocenters. The zero-order valence-corrected chi connectivity index (χ0v) is 25.8. The first-order valence-corrected chi connectivity index (χ1v) is 15.5. The predicted octanol–water partition coefficient (Wildman–Crippen LogP) is -0.135. The van der Waals surface area contributed by atoms with Crippen LogP contribution in [-0.4, -0.2) is 104 Å². The third-order valence-electron chi connectivity index (χ3n) is 7.06. The molecular weight excluding hydrogens is 676 g/mol. The number of benzene rings is 2. The van der Waals surface area contributed by atoms with Gasteiger partial charge in [0.05, 0.1) is 59.8 Å². The van der Waals surface area contributed by atoms with Gasteiger partial charge in [0, 0.05) is 11.9 Å². The number of aliphatic hydroxyl groups is 4. The van der Waals surface area contributed by atoms with Gasteiger partial charge in [0.1, 0.15) is 24.1 Å². The minimum atomic E-state index is -3.95. The van der Waals surface area contributed by atoms with Crippen molar-refractivity contribution in [3.05, 3.63) is 64.9 Å². The lowest BCUT2D eigenvalue weighted by molar-refractivity contribution is -0.284. The second-order valence-electron chi connectivity index (χ2n) is 10.4. The van der Waals surface area contributed by atoms with E-state index in [0.717, 1.165) is 23.7 Å². The average molecular weight is 706 g/mol. The molecule has 2 aromatic carbocycles. The Morgan fingerprint density at radius 3 is 2.49 bits per heavy atom. The van der Waals surface area contributed by atoms with Crippen LogP contribution in [0.3, 0.4) is 0 Å². The lowest BCUT2D eigenvalue weighted by atomic mass is 9.88. The number of alkyl halides is 2. The van der Waals surface area contributed by atoms with Gasteiger partial charge in [-0.1, -0.05) is 16.8 Å². The average Bonchev–Trinajstić information content (AvgIpc) is 3.50. The van der Waals surface area contributed by atoms with Crippen molar-refractivity contribution < 1.29 is 61.8 Å². The number of carbonyl (C=O) groups excluding carboxylic acids is 1. The van der Waals surface area contributed by atoms with Gasteiger partial charge in [-0.15, -0.1) is 5.10 Å². The third-order valence-corrected chi connectivity index (χ3v) is 8.73. The van der Waals surface area contributed by atoms with Crippen molar-refractivity contribution in [1.82, 2.24) is 25.0 Å². The van der Waals surface area contributed by atoms with Gasteiger partial charge in [-0.2, -0.15) is 0 Å². The highest BCUT2D eigenvalue weighted by atomic mass is 35.5. The second kappa shape index (κ2) is 14.5. The Morgan fingerprint density at radius 1 is 1.21 bits per heavy atom. The van der Waals surface area contributed by atoms with Crippen LogP contribution in [0.25, 0.3) is 5.69 Å². The van der Waals surface area contributed by atoms with Gasteiger partial charge < -0.3 is 40.3 Å². The Kier molecular flexibility index (Phi) is 11.1. The van der Waals surface area contributed by atoms with E-state index < -0.39 is 88.9 Å². The largest absolute Gasteiger partial charge is 0.476 e. The number of ether oxygens (including phenoxy) is 2. The van der Waals surface area contributed by atoms with Crippen LogP contribution in [0.2, 0.25) is 5.02 Å². The highest BCUT2D eigenvalue weighted by molar-refractivity contribution is 7.89. The summed E-state index contributed by atoms with van der Waals surface area (Å²) in [7, 11) is -3.95. The molecule has 4 rings (SSSR count). The van der Waals surface area contributed by atoms with E-state index >= 15 is 0 Å². The lowest BCUT2D eigenvalue weighted by Gasteiger charge is -2.46. The van der Waals surface area contributed by atoms with Gasteiger partial charge in [0.2, 0.25) is 15.9 Å². The number of carboxylic acids is 1. The van der Waals surface area contributed by atoms with E-state index in [0.29, 0.717) is 5.02 Å². The summed E-state index contributed by atoms with van der Waals surface area (Å²) in [5.41, 5.74) is -0.747. The van der Waals surface area contributed by atoms with Crippen LogP contribution >= 0.6 is 11.6 Å². The fourth-order valence-electron chi connectivity index (χ4n) is 4.72. The standard InChI is InChI=1S/C27H30ClF2N5O11S/c1-13(37)32-22-19(38)9-27(26(41)42,46-24(22)23(40)20(39)12-36)45-21-7-4-16(8-18(21)25(29)30)35-11-15(33-34-35)10-31-47(43,44)17-5-2-14(28)3-6-17/h2-8,11,19-20,22-25,31,36,38-40H,9-10,12H2,1H3,(H,32,37)(H,41,42)/t19-,20+,22+,23+,24+,27+/m0/s1. The number of carbonyl (C=O) groups is 2. The van der Waals surface area contributed by atoms with Gasteiger partial charge in [0.25, 0.3) is 6.43 Å². The number of aliphatic carboxylic acids is 1. The molecule has 3 aromatic rings. The van der Waals surface area contributed by atoms with Gasteiger partial charge in [-0.05, 0) is 42.5 Å². The third kappa shape index (κ3) is 8.19. The molecule has 6 atom stereocenters. The molecule has 1 aliphatic rings. The molecule has 20 heteroatoms. The maximum absolute atomic E-state index is 14.3. The minimum Gasteiger partial charge on any atom is -0.476 e. The molecule has 2 heterocycles. The number of nitrogens with zero attached hydrogens (tertiary/aromatic N) is 3. The number of nitrogens with one attached hydrogen (secondary N) is 2. The first kappa shape index (κ1) is 36.0. The molecule has 0 radical (unpaired) electrons. The first-order chi connectivity index (χ1) is 22.1. The molecular formula is C27H30ClF2N5O11S. The van der Waals surface area contributed by atoms with E-state index in [2.05, 4.69) is 20.4 Å². The number of carboxylic acid groups (broad SMARTS) is 1. The molecule has 0 saturated carbocycles. The second-order valence-corrected chi connectivity index (χ2v) is 12.6. The van der Waals surface area contributed by atoms with Crippen LogP contribution in [-0.2, 0) is 30.9 Å². The molecule has 16 nitrogen and oxygen atoms in total. The number of amides is 1. The van der Waals surface area contributed by atoms with Crippen LogP contribution < -0.4 is 14.8 Å². The van der Waals surface area contributed by atoms with Crippen LogP contribution in [0.4, 0.5) is 8.78 Å². The van der Waals surface area contributed by atoms with Gasteiger partial charge in [-0.25, -0.2) is 31.4 Å². The molecule has 1 saturated heterocycles. The van der Waals surface area contributed by atoms with E-state index in [9.17, 15) is 52.3 Å². The number of halogens is 3. The lowest BCUT2D eigenvalue weighted by Crippen LogP contribution is -2.68. The van der Waals surface area contributed by atoms with Crippen LogP contribution in [0, 0.1) is 0 Å². The fraction of sp³-hybridized carbons (Fsp3) is 0.407. The maximum Gasteiger partial charge on any atom is 0.377 e. The maximum atomic E-state index is 14.3. The molecule has 1 aliphatic heterocycles. The van der Waals surface area contributed by atoms with Crippen molar-refractivity contribution in [3.63, 3.8) is 0 Å². The van der Waals surface area contributed by atoms with E-state index in [1.807, 2.05) is 0 Å². The molecule has 7 N–H and O–H groups in total. The Morgan fingerprint density at radius 2 is 1.89 bits per heavy atom. The van der Waals surface area contributed by atoms with E-state index in [1.165, 1.54) is 36.5 Å². The Balaban J connectivity index is 1.60. The van der Waals surface area contributed by atoms with Crippen molar-refractivity contribution >= 4 is 33.5 Å². The van der Waals surface area contributed by atoms with E-state index in [-0.39, 0.29) is 22.8 Å². The Hall–Kier alpha value is -3.82. The summed E-state index contributed by atoms with van der Waals surface area (Å²) >= 11 is 5.79. The highest BCUT2D eigenvalue weighted by Gasteiger charge is 2.57. The zero-order valence-electron chi connectivity index (χ0n) is 24.3. The van der Waals surface area contributed by atoms with E-state index in [1.54, 1.807) is 0 Å². The van der Waals surface area contributed by atoms with Crippen LogP contribution in [0.1, 0.15) is 31.0 Å². The summed E-state index contributed by atoms with van der Waals surface area (Å²) in [5, 5.41) is 61.0. The number of aliphatic hydroxyl groups excluding tert-OH is 4. The SMILES string of the molecule is CC(=O)N[C@H]1[C@H]([C@H](O)[C@H](O)CO)O[C@@](Oc2ccc(-n3cc(CNS(=O)(=O)c4ccc(Cl)cc4)nn3)cc2C(F)F)(C(=O)O)C[C@@H]1O. The van der Waals surface area contributed by atoms with Crippen molar-refractivity contribution in [3.8, 4) is 11.4 Å². The summed E-state index contributed by atoms with van der Waals surface area (Å²) in [4.78, 5) is 24.1. The van der Waals surface area contributed by atoms with Crippen molar-refractivity contribution in [2.24, 2.45) is 0 Å². The van der Waals surface area contributed by atoms with E-state index in [4.69, 9.17) is 21.1 Å². The summed E-state index contributed by atoms with van der Waals surface area (Å²) in [6, 6.07) is 6.96. The number of hydrogen-bond acceptors (Lipinski definition) is 12. The van der Waals surface area contributed by atoms with Crippen LogP contribution in [0.15, 0.2) is 53.6 Å². The first-order valence-electron chi connectivity index (χ1n) is 13.7. The number of sulfonamides is 1. The summed E-state index contributed by atoms with van der Waals surface area (Å²) in [6.45, 7) is -0.269. The highest BCUT2D eigenvalue weighted by Crippen LogP contribution is 2.39. The quantitative estimate of drug-likeness (QED) is 0.123. The topological polar surface area (TPSA) is 243 Å². The molecule has 0 spiro atoms. The molecule has 47 heavy (non-hydrogen) atoms. The smallest absolute Gasteiger partial charge is 0.377 e. The van der Waals surface area contributed by atoms with Gasteiger partial charge in [0.15, 0.2) is 0 Å². The molecule has 0 bridgehead atoms. The molecule has 256 valence electrons. The summed E-state index contributed by atoms with van der Waals surface area (Å²) in [6.07, 6.45) is -10.6. The van der Waals surface area contributed by atoms with Crippen molar-refractivity contribution in [2.45, 2.75) is 67.5 Å². The number of rotatable bonds is 13. The van der Waals surface area contributed by atoms with Crippen molar-refractivity contribution in [2.75, 3.05) is 6.61 Å². The predicted molar refractivity (Wildman–Crippen MR) is 155 cm³/mol. The summed E-state index contributed by atoms with van der Waals surface area (Å²) in [5.74, 6) is -6.24. The zero-order chi connectivity index (χ0) is 34.7. The number of aromatic nitrogens is 3. The Bertz CT molecular complexity index is 1700. The Labute approximate surface area is 270 Å². The molecule has 0 aliphatic carbocycles. The molecule has 1 fully saturated rings. The fourth-order valence-corrected chi connectivity index (χ4v) is 5.85. The summed E-state index contributed by atoms with van der Waals surface area (Å²) < 4.78 is 68.0. The molecule has 1 aromatic heterocycles.